The van der Waals surface area contributed by atoms with Gasteiger partial charge in [0.25, 0.3) is 0 Å². The van der Waals surface area contributed by atoms with Crippen LogP contribution in [0.3, 0.4) is 0 Å². The van der Waals surface area contributed by atoms with Gasteiger partial charge in [-0.05, 0) is 38.4 Å². The second-order valence-electron chi connectivity index (χ2n) is 4.68. The molecule has 1 saturated carbocycles. The first kappa shape index (κ1) is 13.3. The van der Waals surface area contributed by atoms with Crippen LogP contribution in [0.25, 0.3) is 0 Å². The molecule has 0 saturated heterocycles. The first-order valence-corrected chi connectivity index (χ1v) is 7.62. The average Bonchev–Trinajstić information content (AvgIpc) is 3.06. The second-order valence-corrected chi connectivity index (χ2v) is 6.42. The third-order valence-electron chi connectivity index (χ3n) is 3.34. The van der Waals surface area contributed by atoms with Crippen molar-refractivity contribution in [2.75, 3.05) is 19.6 Å². The van der Waals surface area contributed by atoms with E-state index in [9.17, 15) is 0 Å². The minimum absolute atomic E-state index is 0.408. The van der Waals surface area contributed by atoms with Gasteiger partial charge in [-0.3, -0.25) is 4.90 Å². The Balaban J connectivity index is 1.70. The average molecular weight is 273 g/mol. The SMILES string of the molecule is CCN(CCNC(C)c1ccc(Cl)s1)C1CC1. The van der Waals surface area contributed by atoms with Crippen LogP contribution >= 0.6 is 22.9 Å². The van der Waals surface area contributed by atoms with Crippen molar-refractivity contribution in [3.05, 3.63) is 21.3 Å². The maximum Gasteiger partial charge on any atom is 0.0931 e. The van der Waals surface area contributed by atoms with E-state index < -0.39 is 0 Å². The van der Waals surface area contributed by atoms with Crippen LogP contribution in [0.5, 0.6) is 0 Å². The Morgan fingerprint density at radius 3 is 2.82 bits per heavy atom. The number of nitrogens with zero attached hydrogens (tertiary/aromatic N) is 1. The largest absolute Gasteiger partial charge is 0.308 e. The smallest absolute Gasteiger partial charge is 0.0931 e. The molecule has 1 N–H and O–H groups in total. The van der Waals surface area contributed by atoms with Crippen molar-refractivity contribution >= 4 is 22.9 Å². The topological polar surface area (TPSA) is 15.3 Å². The van der Waals surface area contributed by atoms with E-state index in [1.165, 1.54) is 24.3 Å². The lowest BCUT2D eigenvalue weighted by Gasteiger charge is -2.21. The molecular weight excluding hydrogens is 252 g/mol. The summed E-state index contributed by atoms with van der Waals surface area (Å²) >= 11 is 7.61. The number of thiophene rings is 1. The molecule has 0 spiro atoms. The minimum Gasteiger partial charge on any atom is -0.308 e. The van der Waals surface area contributed by atoms with Crippen LogP contribution in [0.2, 0.25) is 4.34 Å². The number of rotatable bonds is 7. The molecule has 96 valence electrons. The Morgan fingerprint density at radius 1 is 1.53 bits per heavy atom. The molecule has 1 atom stereocenters. The van der Waals surface area contributed by atoms with E-state index in [4.69, 9.17) is 11.6 Å². The molecule has 2 nitrogen and oxygen atoms in total. The van der Waals surface area contributed by atoms with Gasteiger partial charge in [0.15, 0.2) is 0 Å². The van der Waals surface area contributed by atoms with Gasteiger partial charge in [0.2, 0.25) is 0 Å². The zero-order chi connectivity index (χ0) is 12.3. The van der Waals surface area contributed by atoms with Crippen LogP contribution in [0.4, 0.5) is 0 Å². The molecule has 1 fully saturated rings. The second kappa shape index (κ2) is 6.19. The highest BCUT2D eigenvalue weighted by Crippen LogP contribution is 2.27. The van der Waals surface area contributed by atoms with Gasteiger partial charge in [0, 0.05) is 30.1 Å². The first-order chi connectivity index (χ1) is 8.20. The number of hydrogen-bond donors (Lipinski definition) is 1. The predicted molar refractivity (Wildman–Crippen MR) is 76.0 cm³/mol. The molecule has 1 heterocycles. The molecule has 4 heteroatoms. The van der Waals surface area contributed by atoms with Gasteiger partial charge in [0.05, 0.1) is 4.34 Å². The van der Waals surface area contributed by atoms with Crippen LogP contribution < -0.4 is 5.32 Å². The molecule has 0 bridgehead atoms. The van der Waals surface area contributed by atoms with E-state index in [1.807, 2.05) is 6.07 Å². The molecule has 1 aromatic rings. The van der Waals surface area contributed by atoms with Crippen molar-refractivity contribution in [1.29, 1.82) is 0 Å². The van der Waals surface area contributed by atoms with Gasteiger partial charge >= 0.3 is 0 Å². The summed E-state index contributed by atoms with van der Waals surface area (Å²) in [6, 6.07) is 5.37. The standard InChI is InChI=1S/C13H21ClN2S/c1-3-16(11-4-5-11)9-8-15-10(2)12-6-7-13(14)17-12/h6-7,10-11,15H,3-5,8-9H2,1-2H3. The van der Waals surface area contributed by atoms with E-state index in [2.05, 4.69) is 30.1 Å². The summed E-state index contributed by atoms with van der Waals surface area (Å²) in [6.45, 7) is 7.84. The molecule has 1 aromatic heterocycles. The van der Waals surface area contributed by atoms with Gasteiger partial charge in [0.1, 0.15) is 0 Å². The third kappa shape index (κ3) is 3.95. The molecule has 2 rings (SSSR count). The van der Waals surface area contributed by atoms with Gasteiger partial charge in [-0.25, -0.2) is 0 Å². The quantitative estimate of drug-likeness (QED) is 0.817. The van der Waals surface area contributed by atoms with Gasteiger partial charge in [-0.15, -0.1) is 11.3 Å². The van der Waals surface area contributed by atoms with Crippen molar-refractivity contribution in [3.63, 3.8) is 0 Å². The molecule has 1 aliphatic carbocycles. The monoisotopic (exact) mass is 272 g/mol. The maximum atomic E-state index is 5.94. The molecule has 0 amide bonds. The number of nitrogens with one attached hydrogen (secondary N) is 1. The normalized spacial score (nSPS) is 17.6. The van der Waals surface area contributed by atoms with E-state index >= 15 is 0 Å². The molecule has 1 aliphatic rings. The lowest BCUT2D eigenvalue weighted by atomic mass is 10.3. The number of likely N-dealkylation sites (N-methyl/N-ethyl adjacent to an activating group) is 1. The van der Waals surface area contributed by atoms with Crippen LogP contribution in [-0.4, -0.2) is 30.6 Å². The van der Waals surface area contributed by atoms with Gasteiger partial charge in [-0.2, -0.15) is 0 Å². The number of hydrogen-bond acceptors (Lipinski definition) is 3. The molecule has 17 heavy (non-hydrogen) atoms. The molecule has 1 unspecified atom stereocenters. The van der Waals surface area contributed by atoms with E-state index in [0.717, 1.165) is 23.5 Å². The van der Waals surface area contributed by atoms with Gasteiger partial charge in [-0.1, -0.05) is 18.5 Å². The summed E-state index contributed by atoms with van der Waals surface area (Å²) in [4.78, 5) is 3.89. The van der Waals surface area contributed by atoms with Crippen molar-refractivity contribution < 1.29 is 0 Å². The van der Waals surface area contributed by atoms with E-state index in [1.54, 1.807) is 11.3 Å². The molecule has 0 aromatic carbocycles. The van der Waals surface area contributed by atoms with E-state index in [-0.39, 0.29) is 0 Å². The lowest BCUT2D eigenvalue weighted by Crippen LogP contribution is -2.34. The summed E-state index contributed by atoms with van der Waals surface area (Å²) < 4.78 is 0.877. The third-order valence-corrected chi connectivity index (χ3v) is 4.75. The Bertz CT molecular complexity index is 349. The maximum absolute atomic E-state index is 5.94. The van der Waals surface area contributed by atoms with Crippen molar-refractivity contribution in [2.45, 2.75) is 38.8 Å². The molecule has 0 radical (unpaired) electrons. The van der Waals surface area contributed by atoms with Crippen LogP contribution in [0.15, 0.2) is 12.1 Å². The van der Waals surface area contributed by atoms with Crippen LogP contribution in [-0.2, 0) is 0 Å². The Hall–Kier alpha value is -0.0900. The van der Waals surface area contributed by atoms with Crippen molar-refractivity contribution in [3.8, 4) is 0 Å². The highest BCUT2D eigenvalue weighted by atomic mass is 35.5. The highest BCUT2D eigenvalue weighted by Gasteiger charge is 2.27. The summed E-state index contributed by atoms with van der Waals surface area (Å²) in [7, 11) is 0. The highest BCUT2D eigenvalue weighted by molar-refractivity contribution is 7.16. The van der Waals surface area contributed by atoms with Crippen LogP contribution in [0.1, 0.15) is 37.6 Å². The first-order valence-electron chi connectivity index (χ1n) is 6.43. The predicted octanol–water partition coefficient (Wildman–Crippen LogP) is 3.54. The van der Waals surface area contributed by atoms with Crippen molar-refractivity contribution in [1.82, 2.24) is 10.2 Å². The Kier molecular flexibility index (Phi) is 4.86. The van der Waals surface area contributed by atoms with Crippen LogP contribution in [0, 0.1) is 0 Å². The zero-order valence-corrected chi connectivity index (χ0v) is 12.2. The van der Waals surface area contributed by atoms with Gasteiger partial charge < -0.3 is 5.32 Å². The summed E-state index contributed by atoms with van der Waals surface area (Å²) in [5.74, 6) is 0. The Labute approximate surface area is 113 Å². The lowest BCUT2D eigenvalue weighted by molar-refractivity contribution is 0.273. The fourth-order valence-electron chi connectivity index (χ4n) is 2.12. The van der Waals surface area contributed by atoms with E-state index in [0.29, 0.717) is 6.04 Å². The molecular formula is C13H21ClN2S. The Morgan fingerprint density at radius 2 is 2.29 bits per heavy atom. The van der Waals surface area contributed by atoms with Crippen molar-refractivity contribution in [2.24, 2.45) is 0 Å². The summed E-state index contributed by atoms with van der Waals surface area (Å²) in [5.41, 5.74) is 0. The number of halogens is 1. The fraction of sp³-hybridized carbons (Fsp3) is 0.692. The fourth-order valence-corrected chi connectivity index (χ4v) is 3.21. The minimum atomic E-state index is 0.408. The molecule has 0 aliphatic heterocycles. The zero-order valence-electron chi connectivity index (χ0n) is 10.6. The summed E-state index contributed by atoms with van der Waals surface area (Å²) in [6.07, 6.45) is 2.79. The summed E-state index contributed by atoms with van der Waals surface area (Å²) in [5, 5.41) is 3.57.